The summed E-state index contributed by atoms with van der Waals surface area (Å²) in [5.74, 6) is 0.342. The summed E-state index contributed by atoms with van der Waals surface area (Å²) in [5.41, 5.74) is 1.57. The zero-order chi connectivity index (χ0) is 17.1. The predicted octanol–water partition coefficient (Wildman–Crippen LogP) is 0.906. The second kappa shape index (κ2) is 6.69. The maximum Gasteiger partial charge on any atom is 0.255 e. The van der Waals surface area contributed by atoms with Gasteiger partial charge in [-0.25, -0.2) is 9.97 Å². The number of carbonyl (C=O) groups is 2. The van der Waals surface area contributed by atoms with Crippen LogP contribution in [0.1, 0.15) is 23.7 Å². The number of fused-ring (bicyclic) bond motifs is 1. The molecule has 1 fully saturated rings. The average molecular weight is 328 g/mol. The Morgan fingerprint density at radius 1 is 1.54 bits per heavy atom. The SMILES string of the molecule is C=CC(=O)N1CC[C@@H](Nc2cnc3[nH]cc(C(=O)NCC)c3n2)C1. The number of anilines is 1. The molecule has 0 saturated carbocycles. The molecular formula is C16H20N6O2. The van der Waals surface area contributed by atoms with Crippen molar-refractivity contribution in [1.82, 2.24) is 25.2 Å². The number of H-pyrrole nitrogens is 1. The van der Waals surface area contributed by atoms with Crippen molar-refractivity contribution < 1.29 is 9.59 Å². The Morgan fingerprint density at radius 2 is 2.38 bits per heavy atom. The molecule has 1 aliphatic heterocycles. The minimum absolute atomic E-state index is 0.0648. The van der Waals surface area contributed by atoms with Crippen molar-refractivity contribution >= 4 is 28.8 Å². The Bertz CT molecular complexity index is 784. The fraction of sp³-hybridized carbons (Fsp3) is 0.375. The number of aromatic nitrogens is 3. The van der Waals surface area contributed by atoms with Crippen molar-refractivity contribution in [2.24, 2.45) is 0 Å². The molecule has 126 valence electrons. The lowest BCUT2D eigenvalue weighted by atomic mass is 10.2. The van der Waals surface area contributed by atoms with Gasteiger partial charge in [-0.3, -0.25) is 9.59 Å². The molecule has 1 atom stereocenters. The first kappa shape index (κ1) is 16.0. The van der Waals surface area contributed by atoms with Gasteiger partial charge in [-0.05, 0) is 19.4 Å². The number of hydrogen-bond acceptors (Lipinski definition) is 5. The summed E-state index contributed by atoms with van der Waals surface area (Å²) >= 11 is 0. The fourth-order valence-corrected chi connectivity index (χ4v) is 2.81. The van der Waals surface area contributed by atoms with Gasteiger partial charge in [0.2, 0.25) is 5.91 Å². The van der Waals surface area contributed by atoms with E-state index >= 15 is 0 Å². The fourth-order valence-electron chi connectivity index (χ4n) is 2.81. The van der Waals surface area contributed by atoms with Crippen molar-refractivity contribution in [1.29, 1.82) is 0 Å². The summed E-state index contributed by atoms with van der Waals surface area (Å²) in [6.07, 6.45) is 5.39. The van der Waals surface area contributed by atoms with Gasteiger partial charge in [-0.1, -0.05) is 6.58 Å². The third-order valence-corrected chi connectivity index (χ3v) is 3.99. The van der Waals surface area contributed by atoms with Crippen LogP contribution in [0.15, 0.2) is 25.0 Å². The highest BCUT2D eigenvalue weighted by Crippen LogP contribution is 2.19. The van der Waals surface area contributed by atoms with Crippen LogP contribution in [0.2, 0.25) is 0 Å². The third kappa shape index (κ3) is 3.08. The molecule has 0 unspecified atom stereocenters. The standard InChI is InChI=1S/C16H20N6O2/c1-3-13(23)22-6-5-10(9-22)20-12-8-19-15-14(21-12)11(7-18-15)16(24)17-4-2/h3,7-8,10H,1,4-6,9H2,2H3,(H,17,24)(H,18,19)(H,20,21)/t10-/m1/s1. The molecule has 0 spiro atoms. The smallest absolute Gasteiger partial charge is 0.255 e. The van der Waals surface area contributed by atoms with Gasteiger partial charge in [0, 0.05) is 31.9 Å². The molecule has 3 rings (SSSR count). The van der Waals surface area contributed by atoms with E-state index in [1.54, 1.807) is 17.3 Å². The maximum atomic E-state index is 12.1. The highest BCUT2D eigenvalue weighted by Gasteiger charge is 2.25. The van der Waals surface area contributed by atoms with E-state index in [0.717, 1.165) is 6.42 Å². The van der Waals surface area contributed by atoms with Crippen LogP contribution in [0.4, 0.5) is 5.82 Å². The van der Waals surface area contributed by atoms with E-state index in [4.69, 9.17) is 0 Å². The van der Waals surface area contributed by atoms with Gasteiger partial charge in [0.1, 0.15) is 11.3 Å². The minimum Gasteiger partial charge on any atom is -0.364 e. The molecule has 8 heteroatoms. The summed E-state index contributed by atoms with van der Waals surface area (Å²) < 4.78 is 0. The van der Waals surface area contributed by atoms with Crippen LogP contribution < -0.4 is 10.6 Å². The molecule has 2 aromatic rings. The van der Waals surface area contributed by atoms with E-state index in [1.807, 2.05) is 6.92 Å². The van der Waals surface area contributed by atoms with Gasteiger partial charge in [0.05, 0.1) is 11.8 Å². The lowest BCUT2D eigenvalue weighted by Crippen LogP contribution is -2.30. The molecule has 3 N–H and O–H groups in total. The molecule has 0 aromatic carbocycles. The molecule has 8 nitrogen and oxygen atoms in total. The number of carbonyl (C=O) groups excluding carboxylic acids is 2. The van der Waals surface area contributed by atoms with Crippen LogP contribution >= 0.6 is 0 Å². The number of amides is 2. The van der Waals surface area contributed by atoms with Crippen LogP contribution in [0, 0.1) is 0 Å². The first-order chi connectivity index (χ1) is 11.6. The number of nitrogens with zero attached hydrogens (tertiary/aromatic N) is 3. The van der Waals surface area contributed by atoms with Crippen molar-refractivity contribution in [3.05, 3.63) is 30.6 Å². The predicted molar refractivity (Wildman–Crippen MR) is 90.7 cm³/mol. The highest BCUT2D eigenvalue weighted by molar-refractivity contribution is 6.04. The highest BCUT2D eigenvalue weighted by atomic mass is 16.2. The van der Waals surface area contributed by atoms with Gasteiger partial charge in [0.25, 0.3) is 5.91 Å². The third-order valence-electron chi connectivity index (χ3n) is 3.99. The Morgan fingerprint density at radius 3 is 3.12 bits per heavy atom. The summed E-state index contributed by atoms with van der Waals surface area (Å²) in [4.78, 5) is 37.2. The summed E-state index contributed by atoms with van der Waals surface area (Å²) in [5, 5.41) is 6.04. The van der Waals surface area contributed by atoms with Crippen LogP contribution in [0.5, 0.6) is 0 Å². The Balaban J connectivity index is 1.76. The zero-order valence-corrected chi connectivity index (χ0v) is 13.5. The van der Waals surface area contributed by atoms with E-state index in [2.05, 4.69) is 32.2 Å². The number of rotatable bonds is 5. The average Bonchev–Trinajstić information content (AvgIpc) is 3.21. The molecule has 3 heterocycles. The molecule has 0 bridgehead atoms. The second-order valence-corrected chi connectivity index (χ2v) is 5.63. The van der Waals surface area contributed by atoms with E-state index in [0.29, 0.717) is 42.2 Å². The molecular weight excluding hydrogens is 308 g/mol. The van der Waals surface area contributed by atoms with Gasteiger partial charge in [0.15, 0.2) is 5.65 Å². The molecule has 2 amide bonds. The summed E-state index contributed by atoms with van der Waals surface area (Å²) in [6, 6.07) is 0.104. The van der Waals surface area contributed by atoms with Gasteiger partial charge >= 0.3 is 0 Å². The van der Waals surface area contributed by atoms with Gasteiger partial charge in [-0.2, -0.15) is 0 Å². The van der Waals surface area contributed by atoms with Gasteiger partial charge in [-0.15, -0.1) is 0 Å². The van der Waals surface area contributed by atoms with Crippen LogP contribution in [0.3, 0.4) is 0 Å². The van der Waals surface area contributed by atoms with Crippen LogP contribution in [-0.2, 0) is 4.79 Å². The molecule has 0 radical (unpaired) electrons. The van der Waals surface area contributed by atoms with Crippen molar-refractivity contribution in [2.75, 3.05) is 25.0 Å². The Hall–Kier alpha value is -2.90. The Labute approximate surface area is 139 Å². The van der Waals surface area contributed by atoms with E-state index < -0.39 is 0 Å². The molecule has 1 aliphatic rings. The number of nitrogens with one attached hydrogen (secondary N) is 3. The lowest BCUT2D eigenvalue weighted by Gasteiger charge is -2.15. The van der Waals surface area contributed by atoms with E-state index in [-0.39, 0.29) is 17.9 Å². The monoisotopic (exact) mass is 328 g/mol. The quantitative estimate of drug-likeness (QED) is 0.708. The number of likely N-dealkylation sites (tertiary alicyclic amines) is 1. The normalized spacial score (nSPS) is 17.0. The van der Waals surface area contributed by atoms with E-state index in [9.17, 15) is 9.59 Å². The zero-order valence-electron chi connectivity index (χ0n) is 13.5. The van der Waals surface area contributed by atoms with Crippen LogP contribution in [0.25, 0.3) is 11.2 Å². The van der Waals surface area contributed by atoms with Crippen molar-refractivity contribution in [3.8, 4) is 0 Å². The van der Waals surface area contributed by atoms with Crippen LogP contribution in [-0.4, -0.2) is 57.3 Å². The largest absolute Gasteiger partial charge is 0.364 e. The molecule has 1 saturated heterocycles. The number of hydrogen-bond donors (Lipinski definition) is 3. The topological polar surface area (TPSA) is 103 Å². The summed E-state index contributed by atoms with van der Waals surface area (Å²) in [6.45, 7) is 7.20. The summed E-state index contributed by atoms with van der Waals surface area (Å²) in [7, 11) is 0. The van der Waals surface area contributed by atoms with Crippen molar-refractivity contribution in [3.63, 3.8) is 0 Å². The van der Waals surface area contributed by atoms with Gasteiger partial charge < -0.3 is 20.5 Å². The van der Waals surface area contributed by atoms with Crippen molar-refractivity contribution in [2.45, 2.75) is 19.4 Å². The Kier molecular flexibility index (Phi) is 4.45. The van der Waals surface area contributed by atoms with E-state index in [1.165, 1.54) is 6.08 Å². The first-order valence-electron chi connectivity index (χ1n) is 7.92. The molecule has 0 aliphatic carbocycles. The lowest BCUT2D eigenvalue weighted by molar-refractivity contribution is -0.125. The minimum atomic E-state index is -0.182. The molecule has 24 heavy (non-hydrogen) atoms. The first-order valence-corrected chi connectivity index (χ1v) is 7.92. The maximum absolute atomic E-state index is 12.1. The molecule has 2 aromatic heterocycles. The second-order valence-electron chi connectivity index (χ2n) is 5.63. The number of aromatic amines is 1.